The molecule has 196 valence electrons. The summed E-state index contributed by atoms with van der Waals surface area (Å²) < 4.78 is 5.34. The second kappa shape index (κ2) is 11.4. The van der Waals surface area contributed by atoms with Crippen molar-refractivity contribution in [2.75, 3.05) is 11.4 Å². The maximum absolute atomic E-state index is 13.8. The number of nitrogens with one attached hydrogen (secondary N) is 1. The summed E-state index contributed by atoms with van der Waals surface area (Å²) in [6.45, 7) is 5.11. The molecule has 1 heterocycles. The molecule has 1 unspecified atom stereocenters. The molecule has 9 heteroatoms. The molecule has 0 saturated heterocycles. The molecule has 0 spiro atoms. The van der Waals surface area contributed by atoms with Crippen LogP contribution in [0.3, 0.4) is 0 Å². The molecule has 0 saturated carbocycles. The van der Waals surface area contributed by atoms with Crippen LogP contribution in [0.2, 0.25) is 10.0 Å². The number of carbonyl (C=O) groups is 3. The summed E-state index contributed by atoms with van der Waals surface area (Å²) in [4.78, 5) is 45.6. The first-order chi connectivity index (χ1) is 18.0. The third kappa shape index (κ3) is 6.23. The van der Waals surface area contributed by atoms with Crippen molar-refractivity contribution in [3.8, 4) is 0 Å². The Morgan fingerprint density at radius 1 is 0.974 bits per heavy atom. The number of anilines is 1. The molecular weight excluding hydrogens is 525 g/mol. The predicted molar refractivity (Wildman–Crippen MR) is 149 cm³/mol. The van der Waals surface area contributed by atoms with E-state index in [9.17, 15) is 14.4 Å². The van der Waals surface area contributed by atoms with E-state index >= 15 is 0 Å². The van der Waals surface area contributed by atoms with Crippen LogP contribution in [0.25, 0.3) is 0 Å². The molecule has 38 heavy (non-hydrogen) atoms. The second-order valence-corrected chi connectivity index (χ2v) is 10.7. The lowest BCUT2D eigenvalue weighted by Gasteiger charge is -2.27. The van der Waals surface area contributed by atoms with E-state index in [4.69, 9.17) is 27.9 Å². The van der Waals surface area contributed by atoms with Crippen molar-refractivity contribution in [1.82, 2.24) is 5.32 Å². The average Bonchev–Trinajstić information content (AvgIpc) is 2.98. The van der Waals surface area contributed by atoms with E-state index < -0.39 is 23.5 Å². The first-order valence-electron chi connectivity index (χ1n) is 12.0. The Labute approximate surface area is 231 Å². The topological polar surface area (TPSA) is 88.1 Å². The summed E-state index contributed by atoms with van der Waals surface area (Å²) in [5.41, 5.74) is 1.69. The van der Waals surface area contributed by atoms with Gasteiger partial charge in [-0.3, -0.25) is 24.8 Å². The molecule has 1 N–H and O–H groups in total. The molecule has 0 radical (unpaired) electrons. The van der Waals surface area contributed by atoms with Gasteiger partial charge in [0.15, 0.2) is 11.6 Å². The number of halogens is 2. The third-order valence-corrected chi connectivity index (χ3v) is 6.63. The second-order valence-electron chi connectivity index (χ2n) is 9.86. The van der Waals surface area contributed by atoms with E-state index in [0.717, 1.165) is 5.56 Å². The van der Waals surface area contributed by atoms with Crippen LogP contribution in [0.5, 0.6) is 0 Å². The lowest BCUT2D eigenvalue weighted by molar-refractivity contribution is -0.126. The van der Waals surface area contributed by atoms with Crippen molar-refractivity contribution in [3.05, 3.63) is 99.5 Å². The van der Waals surface area contributed by atoms with Gasteiger partial charge in [0.05, 0.1) is 12.2 Å². The molecule has 7 nitrogen and oxygen atoms in total. The van der Waals surface area contributed by atoms with Gasteiger partial charge < -0.3 is 4.74 Å². The van der Waals surface area contributed by atoms with Gasteiger partial charge in [-0.25, -0.2) is 4.79 Å². The highest BCUT2D eigenvalue weighted by Gasteiger charge is 2.36. The van der Waals surface area contributed by atoms with Gasteiger partial charge in [0.1, 0.15) is 12.6 Å². The van der Waals surface area contributed by atoms with Gasteiger partial charge in [-0.2, -0.15) is 0 Å². The number of aliphatic imine (C=N–C) groups is 1. The number of carbonyl (C=O) groups excluding carboxylic acids is 3. The van der Waals surface area contributed by atoms with Crippen LogP contribution in [0.1, 0.15) is 43.5 Å². The minimum atomic E-state index is -0.857. The SMILES string of the molecule is CC(C)(C)C(=O)CN1C(=O)C(NC(=O)OCc2ccccc2)=NC(c2ccccc2Cl)c2cc(Cl)ccc21. The highest BCUT2D eigenvalue weighted by Crippen LogP contribution is 2.40. The first kappa shape index (κ1) is 27.4. The highest BCUT2D eigenvalue weighted by molar-refractivity contribution is 6.45. The largest absolute Gasteiger partial charge is 0.444 e. The Bertz CT molecular complexity index is 1400. The predicted octanol–water partition coefficient (Wildman–Crippen LogP) is 6.37. The summed E-state index contributed by atoms with van der Waals surface area (Å²) in [6.07, 6.45) is -0.857. The zero-order valence-electron chi connectivity index (χ0n) is 21.2. The minimum Gasteiger partial charge on any atom is -0.444 e. The van der Waals surface area contributed by atoms with Crippen molar-refractivity contribution in [2.24, 2.45) is 10.4 Å². The van der Waals surface area contributed by atoms with Crippen LogP contribution in [0.4, 0.5) is 10.5 Å². The number of alkyl carbamates (subject to hydrolysis) is 1. The Morgan fingerprint density at radius 3 is 2.34 bits per heavy atom. The van der Waals surface area contributed by atoms with Crippen molar-refractivity contribution in [1.29, 1.82) is 0 Å². The number of amides is 2. The number of benzene rings is 3. The summed E-state index contributed by atoms with van der Waals surface area (Å²) >= 11 is 12.9. The van der Waals surface area contributed by atoms with Crippen LogP contribution in [-0.2, 0) is 20.9 Å². The van der Waals surface area contributed by atoms with E-state index in [2.05, 4.69) is 10.3 Å². The molecule has 0 aliphatic carbocycles. The molecule has 2 amide bonds. The maximum atomic E-state index is 13.8. The van der Waals surface area contributed by atoms with E-state index in [-0.39, 0.29) is 24.8 Å². The fourth-order valence-corrected chi connectivity index (χ4v) is 4.31. The zero-order valence-corrected chi connectivity index (χ0v) is 22.7. The number of ether oxygens (including phenoxy) is 1. The monoisotopic (exact) mass is 551 g/mol. The van der Waals surface area contributed by atoms with Crippen molar-refractivity contribution >= 4 is 52.5 Å². The lowest BCUT2D eigenvalue weighted by Crippen LogP contribution is -2.48. The molecule has 1 aliphatic heterocycles. The third-order valence-electron chi connectivity index (χ3n) is 6.05. The molecule has 0 bridgehead atoms. The molecule has 1 atom stereocenters. The first-order valence-corrected chi connectivity index (χ1v) is 12.7. The van der Waals surface area contributed by atoms with Gasteiger partial charge >= 0.3 is 6.09 Å². The van der Waals surface area contributed by atoms with Crippen LogP contribution < -0.4 is 10.2 Å². The molecule has 3 aromatic carbocycles. The van der Waals surface area contributed by atoms with Crippen molar-refractivity contribution in [2.45, 2.75) is 33.4 Å². The molecule has 4 rings (SSSR count). The van der Waals surface area contributed by atoms with Crippen molar-refractivity contribution in [3.63, 3.8) is 0 Å². The number of fused-ring (bicyclic) bond motifs is 1. The fraction of sp³-hybridized carbons (Fsp3) is 0.241. The molecule has 0 fully saturated rings. The number of rotatable bonds is 5. The number of nitrogens with zero attached hydrogens (tertiary/aromatic N) is 2. The number of Topliss-reactive ketones (excluding diaryl/α,β-unsaturated/α-hetero) is 1. The highest BCUT2D eigenvalue weighted by atomic mass is 35.5. The smallest absolute Gasteiger partial charge is 0.413 e. The minimum absolute atomic E-state index is 0.00411. The van der Waals surface area contributed by atoms with E-state index in [0.29, 0.717) is 26.9 Å². The molecule has 1 aliphatic rings. The van der Waals surface area contributed by atoms with Crippen molar-refractivity contribution < 1.29 is 19.1 Å². The van der Waals surface area contributed by atoms with Gasteiger partial charge in [-0.1, -0.05) is 92.5 Å². The van der Waals surface area contributed by atoms with Gasteiger partial charge in [0.2, 0.25) is 0 Å². The normalized spacial score (nSPS) is 15.3. The van der Waals surface area contributed by atoms with Gasteiger partial charge in [0.25, 0.3) is 5.91 Å². The van der Waals surface area contributed by atoms with Gasteiger partial charge in [-0.05, 0) is 35.4 Å². The fourth-order valence-electron chi connectivity index (χ4n) is 3.89. The summed E-state index contributed by atoms with van der Waals surface area (Å²) in [6, 6.07) is 20.4. The van der Waals surface area contributed by atoms with E-state index in [1.54, 1.807) is 63.2 Å². The quantitative estimate of drug-likeness (QED) is 0.399. The number of hydrogen-bond donors (Lipinski definition) is 1. The van der Waals surface area contributed by atoms with E-state index in [1.165, 1.54) is 4.90 Å². The van der Waals surface area contributed by atoms with Gasteiger partial charge in [0, 0.05) is 21.0 Å². The van der Waals surface area contributed by atoms with E-state index in [1.807, 2.05) is 30.3 Å². The lowest BCUT2D eigenvalue weighted by atomic mass is 9.90. The summed E-state index contributed by atoms with van der Waals surface area (Å²) in [5, 5.41) is 3.34. The van der Waals surface area contributed by atoms with Gasteiger partial charge in [-0.15, -0.1) is 0 Å². The molecular formula is C29H27Cl2N3O4. The Morgan fingerprint density at radius 2 is 1.66 bits per heavy atom. The van der Waals surface area contributed by atoms with Crippen LogP contribution in [-0.4, -0.2) is 30.2 Å². The number of amidine groups is 1. The zero-order chi connectivity index (χ0) is 27.4. The molecule has 0 aromatic heterocycles. The summed E-state index contributed by atoms with van der Waals surface area (Å²) in [5.74, 6) is -1.10. The van der Waals surface area contributed by atoms with Crippen LogP contribution in [0, 0.1) is 5.41 Å². The molecule has 3 aromatic rings. The number of hydrogen-bond acceptors (Lipinski definition) is 5. The average molecular weight is 552 g/mol. The van der Waals surface area contributed by atoms with Crippen LogP contribution in [0.15, 0.2) is 77.8 Å². The Hall–Kier alpha value is -3.68. The number of ketones is 1. The Balaban J connectivity index is 1.77. The van der Waals surface area contributed by atoms with Crippen LogP contribution >= 0.6 is 23.2 Å². The maximum Gasteiger partial charge on any atom is 0.413 e. The Kier molecular flexibility index (Phi) is 8.19. The standard InChI is InChI=1S/C29H27Cl2N3O4/c1-29(2,3)24(35)16-34-23-14-13-19(30)15-21(23)25(20-11-7-8-12-22(20)31)32-26(27(34)36)33-28(37)38-17-18-9-5-4-6-10-18/h4-15,25H,16-17H2,1-3H3,(H,32,33,37). The summed E-state index contributed by atoms with van der Waals surface area (Å²) in [7, 11) is 0.